The van der Waals surface area contributed by atoms with Crippen LogP contribution in [0.25, 0.3) is 11.1 Å². The first-order chi connectivity index (χ1) is 15.1. The fourth-order valence-electron chi connectivity index (χ4n) is 4.00. The standard InChI is InChI=1S/C25H30N4O2/c1-19-16-24(27-31-19)17-28-12-14-29(15-13-28)18-25(30)26-20(2)21-8-10-23(11-9-21)22-6-4-3-5-7-22/h3-11,16,20H,12-15,17-18H2,1-2H3,(H,26,30). The van der Waals surface area contributed by atoms with Crippen molar-refractivity contribution < 1.29 is 9.32 Å². The Morgan fingerprint density at radius 3 is 2.29 bits per heavy atom. The maximum absolute atomic E-state index is 12.6. The molecule has 0 spiro atoms. The molecule has 0 bridgehead atoms. The number of hydrogen-bond donors (Lipinski definition) is 1. The molecule has 2 heterocycles. The number of piperazine rings is 1. The van der Waals surface area contributed by atoms with Crippen molar-refractivity contribution in [3.8, 4) is 11.1 Å². The average molecular weight is 419 g/mol. The molecule has 4 rings (SSSR count). The summed E-state index contributed by atoms with van der Waals surface area (Å²) in [6.45, 7) is 8.79. The molecule has 2 aromatic carbocycles. The fourth-order valence-corrected chi connectivity index (χ4v) is 4.00. The normalized spacial score (nSPS) is 16.2. The second-order valence-electron chi connectivity index (χ2n) is 8.26. The maximum Gasteiger partial charge on any atom is 0.234 e. The van der Waals surface area contributed by atoms with Crippen LogP contribution in [-0.2, 0) is 11.3 Å². The van der Waals surface area contributed by atoms with Crippen molar-refractivity contribution in [2.75, 3.05) is 32.7 Å². The predicted octanol–water partition coefficient (Wildman–Crippen LogP) is 3.65. The zero-order valence-electron chi connectivity index (χ0n) is 18.3. The van der Waals surface area contributed by atoms with Crippen molar-refractivity contribution in [3.63, 3.8) is 0 Å². The van der Waals surface area contributed by atoms with E-state index in [1.54, 1.807) is 0 Å². The van der Waals surface area contributed by atoms with Crippen LogP contribution in [0.2, 0.25) is 0 Å². The number of benzene rings is 2. The molecule has 1 aliphatic rings. The zero-order chi connectivity index (χ0) is 21.6. The molecule has 6 heteroatoms. The Labute approximate surface area is 183 Å². The van der Waals surface area contributed by atoms with Crippen LogP contribution < -0.4 is 5.32 Å². The number of carbonyl (C=O) groups is 1. The lowest BCUT2D eigenvalue weighted by Gasteiger charge is -2.34. The van der Waals surface area contributed by atoms with Gasteiger partial charge in [-0.1, -0.05) is 59.8 Å². The smallest absolute Gasteiger partial charge is 0.234 e. The van der Waals surface area contributed by atoms with E-state index in [0.717, 1.165) is 49.7 Å². The van der Waals surface area contributed by atoms with Crippen molar-refractivity contribution in [1.29, 1.82) is 0 Å². The first-order valence-corrected chi connectivity index (χ1v) is 10.9. The van der Waals surface area contributed by atoms with Crippen molar-refractivity contribution in [2.45, 2.75) is 26.4 Å². The lowest BCUT2D eigenvalue weighted by Crippen LogP contribution is -2.49. The van der Waals surface area contributed by atoms with E-state index >= 15 is 0 Å². The molecule has 1 amide bonds. The minimum absolute atomic E-state index is 0.0194. The van der Waals surface area contributed by atoms with Gasteiger partial charge in [-0.25, -0.2) is 0 Å². The van der Waals surface area contributed by atoms with E-state index in [4.69, 9.17) is 4.52 Å². The fraction of sp³-hybridized carbons (Fsp3) is 0.360. The summed E-state index contributed by atoms with van der Waals surface area (Å²) in [5.41, 5.74) is 4.46. The summed E-state index contributed by atoms with van der Waals surface area (Å²) in [7, 11) is 0. The molecule has 1 fully saturated rings. The summed E-state index contributed by atoms with van der Waals surface area (Å²) < 4.78 is 5.14. The number of aromatic nitrogens is 1. The van der Waals surface area contributed by atoms with Crippen LogP contribution in [0.15, 0.2) is 65.2 Å². The van der Waals surface area contributed by atoms with Gasteiger partial charge in [-0.2, -0.15) is 0 Å². The third-order valence-corrected chi connectivity index (χ3v) is 5.79. The highest BCUT2D eigenvalue weighted by Crippen LogP contribution is 2.21. The van der Waals surface area contributed by atoms with Crippen LogP contribution in [0, 0.1) is 6.92 Å². The highest BCUT2D eigenvalue weighted by Gasteiger charge is 2.20. The molecule has 0 aliphatic carbocycles. The van der Waals surface area contributed by atoms with E-state index in [1.165, 1.54) is 11.1 Å². The second kappa shape index (κ2) is 9.90. The molecule has 0 radical (unpaired) electrons. The Bertz CT molecular complexity index is 976. The van der Waals surface area contributed by atoms with Gasteiger partial charge in [0.1, 0.15) is 5.76 Å². The van der Waals surface area contributed by atoms with Gasteiger partial charge in [0.25, 0.3) is 0 Å². The van der Waals surface area contributed by atoms with Gasteiger partial charge in [-0.3, -0.25) is 14.6 Å². The Hall–Kier alpha value is -2.96. The third-order valence-electron chi connectivity index (χ3n) is 5.79. The van der Waals surface area contributed by atoms with Crippen LogP contribution in [-0.4, -0.2) is 53.6 Å². The zero-order valence-corrected chi connectivity index (χ0v) is 18.3. The van der Waals surface area contributed by atoms with Crippen molar-refractivity contribution in [3.05, 3.63) is 77.7 Å². The Balaban J connectivity index is 1.22. The first-order valence-electron chi connectivity index (χ1n) is 10.9. The van der Waals surface area contributed by atoms with Gasteiger partial charge in [-0.15, -0.1) is 0 Å². The van der Waals surface area contributed by atoms with Gasteiger partial charge in [0.15, 0.2) is 0 Å². The predicted molar refractivity (Wildman–Crippen MR) is 121 cm³/mol. The summed E-state index contributed by atoms with van der Waals surface area (Å²) in [6, 6.07) is 20.7. The highest BCUT2D eigenvalue weighted by atomic mass is 16.5. The molecule has 31 heavy (non-hydrogen) atoms. The van der Waals surface area contributed by atoms with Gasteiger partial charge in [0, 0.05) is 38.8 Å². The molecule has 6 nitrogen and oxygen atoms in total. The highest BCUT2D eigenvalue weighted by molar-refractivity contribution is 5.78. The summed E-state index contributed by atoms with van der Waals surface area (Å²) in [5.74, 6) is 0.911. The minimum atomic E-state index is -0.0194. The van der Waals surface area contributed by atoms with Crippen LogP contribution in [0.5, 0.6) is 0 Å². The summed E-state index contributed by atoms with van der Waals surface area (Å²) in [6.07, 6.45) is 0. The van der Waals surface area contributed by atoms with E-state index < -0.39 is 0 Å². The minimum Gasteiger partial charge on any atom is -0.361 e. The van der Waals surface area contributed by atoms with E-state index in [1.807, 2.05) is 38.1 Å². The lowest BCUT2D eigenvalue weighted by atomic mass is 10.0. The van der Waals surface area contributed by atoms with Gasteiger partial charge in [0.2, 0.25) is 5.91 Å². The number of aryl methyl sites for hydroxylation is 1. The van der Waals surface area contributed by atoms with E-state index in [0.29, 0.717) is 6.54 Å². The van der Waals surface area contributed by atoms with Crippen LogP contribution in [0.1, 0.15) is 30.0 Å². The van der Waals surface area contributed by atoms with Crippen LogP contribution in [0.4, 0.5) is 0 Å². The summed E-state index contributed by atoms with van der Waals surface area (Å²) >= 11 is 0. The van der Waals surface area contributed by atoms with Gasteiger partial charge < -0.3 is 9.84 Å². The maximum atomic E-state index is 12.6. The molecule has 3 aromatic rings. The first kappa shape index (κ1) is 21.3. The average Bonchev–Trinajstić information content (AvgIpc) is 3.20. The van der Waals surface area contributed by atoms with E-state index in [9.17, 15) is 4.79 Å². The molecule has 1 aromatic heterocycles. The Kier molecular flexibility index (Phi) is 6.79. The van der Waals surface area contributed by atoms with Crippen LogP contribution >= 0.6 is 0 Å². The van der Waals surface area contributed by atoms with Gasteiger partial charge >= 0.3 is 0 Å². The number of rotatable bonds is 7. The quantitative estimate of drug-likeness (QED) is 0.635. The van der Waals surface area contributed by atoms with Crippen molar-refractivity contribution in [1.82, 2.24) is 20.3 Å². The third kappa shape index (κ3) is 5.81. The van der Waals surface area contributed by atoms with Gasteiger partial charge in [0.05, 0.1) is 18.3 Å². The van der Waals surface area contributed by atoms with E-state index in [-0.39, 0.29) is 11.9 Å². The SMILES string of the molecule is Cc1cc(CN2CCN(CC(=O)NC(C)c3ccc(-c4ccccc4)cc3)CC2)no1. The monoisotopic (exact) mass is 418 g/mol. The number of carbonyl (C=O) groups excluding carboxylic acids is 1. The largest absolute Gasteiger partial charge is 0.361 e. The molecule has 162 valence electrons. The van der Waals surface area contributed by atoms with Gasteiger partial charge in [-0.05, 0) is 30.5 Å². The molecule has 1 atom stereocenters. The van der Waals surface area contributed by atoms with Crippen LogP contribution in [0.3, 0.4) is 0 Å². The molecule has 1 aliphatic heterocycles. The molecular weight excluding hydrogens is 388 g/mol. The number of nitrogens with one attached hydrogen (secondary N) is 1. The topological polar surface area (TPSA) is 61.6 Å². The van der Waals surface area contributed by atoms with E-state index in [2.05, 4.69) is 56.7 Å². The molecule has 1 saturated heterocycles. The second-order valence-corrected chi connectivity index (χ2v) is 8.26. The molecule has 1 N–H and O–H groups in total. The summed E-state index contributed by atoms with van der Waals surface area (Å²) in [4.78, 5) is 17.1. The summed E-state index contributed by atoms with van der Waals surface area (Å²) in [5, 5.41) is 7.21. The lowest BCUT2D eigenvalue weighted by molar-refractivity contribution is -0.123. The Morgan fingerprint density at radius 1 is 1.00 bits per heavy atom. The van der Waals surface area contributed by atoms with Crippen molar-refractivity contribution >= 4 is 5.91 Å². The molecule has 1 unspecified atom stereocenters. The van der Waals surface area contributed by atoms with Crippen molar-refractivity contribution in [2.24, 2.45) is 0 Å². The molecular formula is C25H30N4O2. The Morgan fingerprint density at radius 2 is 1.65 bits per heavy atom. The number of hydrogen-bond acceptors (Lipinski definition) is 5. The molecule has 0 saturated carbocycles. The number of amides is 1. The number of nitrogens with zero attached hydrogens (tertiary/aromatic N) is 3.